The number of carbonyl (C=O) groups excluding carboxylic acids is 1. The molecule has 0 radical (unpaired) electrons. The number of alkyl halides is 3. The molecule has 1 aliphatic heterocycles. The predicted molar refractivity (Wildman–Crippen MR) is 122 cm³/mol. The molecule has 2 aromatic rings. The zero-order chi connectivity index (χ0) is 24.6. The first kappa shape index (κ1) is 25.0. The first-order valence-corrected chi connectivity index (χ1v) is 12.0. The number of aryl methyl sites for hydroxylation is 2. The lowest BCUT2D eigenvalue weighted by Crippen LogP contribution is -2.41. The van der Waals surface area contributed by atoms with Gasteiger partial charge in [0.05, 0.1) is 21.8 Å². The van der Waals surface area contributed by atoms with Crippen molar-refractivity contribution in [3.05, 3.63) is 53.1 Å². The normalized spacial score (nSPS) is 16.0. The number of hydrogen-bond donors (Lipinski definition) is 1. The van der Waals surface area contributed by atoms with Crippen LogP contribution in [-0.2, 0) is 21.0 Å². The molecule has 0 aromatic heterocycles. The number of halogens is 3. The van der Waals surface area contributed by atoms with Crippen LogP contribution in [0.5, 0.6) is 0 Å². The fourth-order valence-corrected chi connectivity index (χ4v) is 5.37. The molecular formula is C23H28F3N3O3S. The van der Waals surface area contributed by atoms with E-state index in [1.807, 2.05) is 13.8 Å². The first-order chi connectivity index (χ1) is 15.3. The van der Waals surface area contributed by atoms with E-state index in [9.17, 15) is 26.4 Å². The van der Waals surface area contributed by atoms with Gasteiger partial charge < -0.3 is 10.2 Å². The number of hydrogen-bond acceptors (Lipinski definition) is 4. The predicted octanol–water partition coefficient (Wildman–Crippen LogP) is 4.43. The molecule has 0 saturated carbocycles. The molecule has 2 aromatic carbocycles. The van der Waals surface area contributed by atoms with Gasteiger partial charge in [-0.1, -0.05) is 6.07 Å². The van der Waals surface area contributed by atoms with E-state index >= 15 is 0 Å². The third-order valence-corrected chi connectivity index (χ3v) is 7.90. The minimum atomic E-state index is -4.53. The van der Waals surface area contributed by atoms with Crippen molar-refractivity contribution in [2.75, 3.05) is 37.4 Å². The monoisotopic (exact) mass is 483 g/mol. The average molecular weight is 484 g/mol. The molecule has 1 saturated heterocycles. The maximum Gasteiger partial charge on any atom is 0.416 e. The largest absolute Gasteiger partial charge is 0.416 e. The van der Waals surface area contributed by atoms with Crippen molar-refractivity contribution in [3.63, 3.8) is 0 Å². The lowest BCUT2D eigenvalue weighted by Gasteiger charge is -2.31. The van der Waals surface area contributed by atoms with Crippen LogP contribution in [0.25, 0.3) is 0 Å². The van der Waals surface area contributed by atoms with Crippen molar-refractivity contribution < 1.29 is 26.4 Å². The van der Waals surface area contributed by atoms with Gasteiger partial charge in [-0.25, -0.2) is 8.42 Å². The Balaban J connectivity index is 1.71. The minimum absolute atomic E-state index is 0.0741. The number of rotatable bonds is 5. The second-order valence-corrected chi connectivity index (χ2v) is 10.5. The van der Waals surface area contributed by atoms with Crippen molar-refractivity contribution in [2.45, 2.75) is 37.8 Å². The standard InChI is InChI=1S/C23H28F3N3O3S/c1-15-5-7-19(13-16(15)2)33(31,32)29-11-9-17(10-12-29)22(30)27-20-14-18(23(24,25)26)6-8-21(20)28(3)4/h5-8,13-14,17H,9-12H2,1-4H3,(H,27,30). The van der Waals surface area contributed by atoms with E-state index in [-0.39, 0.29) is 36.5 Å². The van der Waals surface area contributed by atoms with Crippen LogP contribution >= 0.6 is 0 Å². The average Bonchev–Trinajstić information content (AvgIpc) is 2.74. The van der Waals surface area contributed by atoms with Crippen molar-refractivity contribution in [1.82, 2.24) is 4.31 Å². The zero-order valence-corrected chi connectivity index (χ0v) is 19.8. The van der Waals surface area contributed by atoms with E-state index in [0.717, 1.165) is 23.3 Å². The van der Waals surface area contributed by atoms with E-state index in [1.54, 1.807) is 37.2 Å². The Hall–Kier alpha value is -2.59. The molecule has 0 unspecified atom stereocenters. The summed E-state index contributed by atoms with van der Waals surface area (Å²) in [4.78, 5) is 14.7. The highest BCUT2D eigenvalue weighted by Gasteiger charge is 2.34. The summed E-state index contributed by atoms with van der Waals surface area (Å²) in [5, 5.41) is 2.62. The number of sulfonamides is 1. The summed E-state index contributed by atoms with van der Waals surface area (Å²) in [6.45, 7) is 4.08. The van der Waals surface area contributed by atoms with Crippen LogP contribution in [0, 0.1) is 19.8 Å². The second kappa shape index (κ2) is 9.34. The summed E-state index contributed by atoms with van der Waals surface area (Å²) < 4.78 is 66.8. The highest BCUT2D eigenvalue weighted by Crippen LogP contribution is 2.35. The minimum Gasteiger partial charge on any atom is -0.376 e. The number of benzene rings is 2. The van der Waals surface area contributed by atoms with Crippen LogP contribution < -0.4 is 10.2 Å². The molecule has 1 amide bonds. The number of anilines is 2. The summed E-state index contributed by atoms with van der Waals surface area (Å²) in [5.74, 6) is -0.915. The molecule has 1 N–H and O–H groups in total. The maximum absolute atomic E-state index is 13.1. The van der Waals surface area contributed by atoms with E-state index < -0.39 is 33.6 Å². The number of amides is 1. The Morgan fingerprint density at radius 2 is 1.67 bits per heavy atom. The molecule has 3 rings (SSSR count). The molecule has 0 bridgehead atoms. The van der Waals surface area contributed by atoms with Gasteiger partial charge in [0.15, 0.2) is 0 Å². The molecule has 1 aliphatic rings. The Bertz CT molecular complexity index is 1140. The van der Waals surface area contributed by atoms with Gasteiger partial charge in [-0.2, -0.15) is 17.5 Å². The lowest BCUT2D eigenvalue weighted by atomic mass is 9.97. The highest BCUT2D eigenvalue weighted by molar-refractivity contribution is 7.89. The summed E-state index contributed by atoms with van der Waals surface area (Å²) in [6, 6.07) is 8.19. The second-order valence-electron chi connectivity index (χ2n) is 8.54. The number of piperidine rings is 1. The SMILES string of the molecule is Cc1ccc(S(=O)(=O)N2CCC(C(=O)Nc3cc(C(F)(F)F)ccc3N(C)C)CC2)cc1C. The van der Waals surface area contributed by atoms with Gasteiger partial charge in [-0.05, 0) is 68.1 Å². The third-order valence-electron chi connectivity index (χ3n) is 6.00. The van der Waals surface area contributed by atoms with Gasteiger partial charge in [0.1, 0.15) is 0 Å². The first-order valence-electron chi connectivity index (χ1n) is 10.6. The Kier molecular flexibility index (Phi) is 7.09. The molecule has 1 fully saturated rings. The van der Waals surface area contributed by atoms with E-state index in [2.05, 4.69) is 5.32 Å². The molecule has 1 heterocycles. The third kappa shape index (κ3) is 5.50. The number of nitrogens with one attached hydrogen (secondary N) is 1. The van der Waals surface area contributed by atoms with Crippen LogP contribution in [-0.4, -0.2) is 45.8 Å². The molecule has 0 aliphatic carbocycles. The van der Waals surface area contributed by atoms with Crippen molar-refractivity contribution >= 4 is 27.3 Å². The molecule has 0 atom stereocenters. The van der Waals surface area contributed by atoms with Crippen molar-refractivity contribution in [2.24, 2.45) is 5.92 Å². The Morgan fingerprint density at radius 3 is 2.21 bits per heavy atom. The highest BCUT2D eigenvalue weighted by atomic mass is 32.2. The molecule has 180 valence electrons. The van der Waals surface area contributed by atoms with Crippen LogP contribution in [0.1, 0.15) is 29.5 Å². The summed E-state index contributed by atoms with van der Waals surface area (Å²) in [7, 11) is -0.329. The van der Waals surface area contributed by atoms with Crippen LogP contribution in [0.15, 0.2) is 41.3 Å². The van der Waals surface area contributed by atoms with Gasteiger partial charge in [-0.3, -0.25) is 4.79 Å². The van der Waals surface area contributed by atoms with Crippen molar-refractivity contribution in [1.29, 1.82) is 0 Å². The summed E-state index contributed by atoms with van der Waals surface area (Å²) >= 11 is 0. The zero-order valence-electron chi connectivity index (χ0n) is 19.0. The number of carbonyl (C=O) groups is 1. The van der Waals surface area contributed by atoms with E-state index in [1.165, 1.54) is 10.4 Å². The molecule has 0 spiro atoms. The van der Waals surface area contributed by atoms with Gasteiger partial charge in [0.2, 0.25) is 15.9 Å². The topological polar surface area (TPSA) is 69.7 Å². The summed E-state index contributed by atoms with van der Waals surface area (Å²) in [6.07, 6.45) is -3.96. The fraction of sp³-hybridized carbons (Fsp3) is 0.435. The van der Waals surface area contributed by atoms with Gasteiger partial charge in [-0.15, -0.1) is 0 Å². The molecule has 10 heteroatoms. The van der Waals surface area contributed by atoms with Crippen LogP contribution in [0.2, 0.25) is 0 Å². The quantitative estimate of drug-likeness (QED) is 0.683. The Labute approximate surface area is 192 Å². The van der Waals surface area contributed by atoms with Gasteiger partial charge in [0, 0.05) is 33.1 Å². The lowest BCUT2D eigenvalue weighted by molar-refractivity contribution is -0.137. The summed E-state index contributed by atoms with van der Waals surface area (Å²) in [5.41, 5.74) is 1.55. The van der Waals surface area contributed by atoms with Gasteiger partial charge >= 0.3 is 6.18 Å². The van der Waals surface area contributed by atoms with Gasteiger partial charge in [0.25, 0.3) is 0 Å². The van der Waals surface area contributed by atoms with Crippen LogP contribution in [0.3, 0.4) is 0 Å². The Morgan fingerprint density at radius 1 is 1.03 bits per heavy atom. The van der Waals surface area contributed by atoms with Crippen LogP contribution in [0.4, 0.5) is 24.5 Å². The smallest absolute Gasteiger partial charge is 0.376 e. The molecular weight excluding hydrogens is 455 g/mol. The molecule has 6 nitrogen and oxygen atoms in total. The van der Waals surface area contributed by atoms with Crippen molar-refractivity contribution in [3.8, 4) is 0 Å². The van der Waals surface area contributed by atoms with E-state index in [4.69, 9.17) is 0 Å². The molecule has 33 heavy (non-hydrogen) atoms. The van der Waals surface area contributed by atoms with E-state index in [0.29, 0.717) is 5.69 Å². The number of nitrogens with zero attached hydrogens (tertiary/aromatic N) is 2. The fourth-order valence-electron chi connectivity index (χ4n) is 3.82. The maximum atomic E-state index is 13.1.